The summed E-state index contributed by atoms with van der Waals surface area (Å²) < 4.78 is 12.3. The first-order valence-electron chi connectivity index (χ1n) is 6.66. The van der Waals surface area contributed by atoms with E-state index in [9.17, 15) is 4.79 Å². The van der Waals surface area contributed by atoms with Gasteiger partial charge in [-0.1, -0.05) is 0 Å². The van der Waals surface area contributed by atoms with Gasteiger partial charge in [-0.15, -0.1) is 0 Å². The van der Waals surface area contributed by atoms with Crippen LogP contribution in [-0.2, 0) is 4.74 Å². The second-order valence-electron chi connectivity index (χ2n) is 4.65. The van der Waals surface area contributed by atoms with E-state index in [-0.39, 0.29) is 29.8 Å². The van der Waals surface area contributed by atoms with Crippen LogP contribution in [0.25, 0.3) is 0 Å². The average molecular weight is 290 g/mol. The lowest BCUT2D eigenvalue weighted by molar-refractivity contribution is 0.0527. The molecule has 2 aromatic rings. The third-order valence-electron chi connectivity index (χ3n) is 2.77. The average Bonchev–Trinajstić information content (AvgIpc) is 2.90. The Kier molecular flexibility index (Phi) is 4.42. The standard InChI is InChI=1S/C14H18N4O3/c1-4-20-14(19)11-5-6-16-13(12(11)15)21-10-7-17-18(8-10)9(2)3/h5-9H,4,15H2,1-3H3. The van der Waals surface area contributed by atoms with Gasteiger partial charge < -0.3 is 15.2 Å². The van der Waals surface area contributed by atoms with Crippen LogP contribution in [0, 0.1) is 0 Å². The molecule has 0 aliphatic carbocycles. The minimum atomic E-state index is -0.500. The molecule has 7 heteroatoms. The largest absolute Gasteiger partial charge is 0.462 e. The van der Waals surface area contributed by atoms with Gasteiger partial charge in [0.1, 0.15) is 5.69 Å². The number of ether oxygens (including phenoxy) is 2. The van der Waals surface area contributed by atoms with E-state index in [1.54, 1.807) is 24.0 Å². The van der Waals surface area contributed by atoms with Crippen LogP contribution in [0.2, 0.25) is 0 Å². The number of rotatable bonds is 5. The van der Waals surface area contributed by atoms with Crippen molar-refractivity contribution in [3.63, 3.8) is 0 Å². The first-order chi connectivity index (χ1) is 10.0. The maximum Gasteiger partial charge on any atom is 0.340 e. The highest BCUT2D eigenvalue weighted by Crippen LogP contribution is 2.28. The number of esters is 1. The predicted molar refractivity (Wildman–Crippen MR) is 77.3 cm³/mol. The summed E-state index contributed by atoms with van der Waals surface area (Å²) in [7, 11) is 0. The number of nitrogen functional groups attached to an aromatic ring is 1. The van der Waals surface area contributed by atoms with Gasteiger partial charge in [-0.05, 0) is 26.8 Å². The van der Waals surface area contributed by atoms with E-state index in [0.717, 1.165) is 0 Å². The predicted octanol–water partition coefficient (Wildman–Crippen LogP) is 2.41. The third kappa shape index (κ3) is 3.31. The maximum absolute atomic E-state index is 11.8. The van der Waals surface area contributed by atoms with Crippen molar-refractivity contribution >= 4 is 11.7 Å². The smallest absolute Gasteiger partial charge is 0.340 e. The Morgan fingerprint density at radius 1 is 1.48 bits per heavy atom. The molecule has 0 bridgehead atoms. The van der Waals surface area contributed by atoms with Gasteiger partial charge in [-0.2, -0.15) is 5.10 Å². The highest BCUT2D eigenvalue weighted by Gasteiger charge is 2.16. The number of hydrogen-bond acceptors (Lipinski definition) is 6. The van der Waals surface area contributed by atoms with Gasteiger partial charge in [-0.3, -0.25) is 4.68 Å². The van der Waals surface area contributed by atoms with E-state index >= 15 is 0 Å². The lowest BCUT2D eigenvalue weighted by Crippen LogP contribution is -2.09. The molecule has 0 aromatic carbocycles. The van der Waals surface area contributed by atoms with E-state index in [1.807, 2.05) is 13.8 Å². The highest BCUT2D eigenvalue weighted by atomic mass is 16.5. The molecule has 7 nitrogen and oxygen atoms in total. The zero-order valence-corrected chi connectivity index (χ0v) is 12.2. The van der Waals surface area contributed by atoms with Crippen LogP contribution in [-0.4, -0.2) is 27.3 Å². The van der Waals surface area contributed by atoms with Crippen LogP contribution in [0.3, 0.4) is 0 Å². The van der Waals surface area contributed by atoms with Gasteiger partial charge in [0.05, 0.1) is 24.6 Å². The van der Waals surface area contributed by atoms with Gasteiger partial charge in [0.15, 0.2) is 5.75 Å². The van der Waals surface area contributed by atoms with Crippen LogP contribution >= 0.6 is 0 Å². The summed E-state index contributed by atoms with van der Waals surface area (Å²) in [6.07, 6.45) is 4.76. The zero-order valence-electron chi connectivity index (χ0n) is 12.2. The molecule has 2 aromatic heterocycles. The number of pyridine rings is 1. The number of nitrogens with zero attached hydrogens (tertiary/aromatic N) is 3. The molecule has 2 heterocycles. The normalized spacial score (nSPS) is 10.7. The molecule has 112 valence electrons. The van der Waals surface area contributed by atoms with E-state index in [4.69, 9.17) is 15.2 Å². The molecule has 2 N–H and O–H groups in total. The summed E-state index contributed by atoms with van der Waals surface area (Å²) in [6.45, 7) is 6.01. The molecule has 2 rings (SSSR count). The summed E-state index contributed by atoms with van der Waals surface area (Å²) >= 11 is 0. The summed E-state index contributed by atoms with van der Waals surface area (Å²) in [5.41, 5.74) is 6.29. The molecule has 0 aliphatic heterocycles. The third-order valence-corrected chi connectivity index (χ3v) is 2.77. The van der Waals surface area contributed by atoms with E-state index < -0.39 is 5.97 Å². The Bertz CT molecular complexity index is 637. The summed E-state index contributed by atoms with van der Waals surface area (Å²) in [6, 6.07) is 1.72. The van der Waals surface area contributed by atoms with Gasteiger partial charge in [-0.25, -0.2) is 9.78 Å². The summed E-state index contributed by atoms with van der Waals surface area (Å²) in [5.74, 6) is 0.160. The first kappa shape index (κ1) is 14.8. The van der Waals surface area contributed by atoms with Crippen molar-refractivity contribution in [2.24, 2.45) is 0 Å². The van der Waals surface area contributed by atoms with E-state index in [1.165, 1.54) is 12.3 Å². The van der Waals surface area contributed by atoms with Crippen LogP contribution in [0.15, 0.2) is 24.7 Å². The minimum Gasteiger partial charge on any atom is -0.462 e. The number of aromatic nitrogens is 3. The molecular weight excluding hydrogens is 272 g/mol. The Balaban J connectivity index is 2.23. The SMILES string of the molecule is CCOC(=O)c1ccnc(Oc2cnn(C(C)C)c2)c1N. The molecule has 0 aliphatic rings. The van der Waals surface area contributed by atoms with Crippen molar-refractivity contribution in [3.05, 3.63) is 30.2 Å². The van der Waals surface area contributed by atoms with Crippen molar-refractivity contribution in [1.82, 2.24) is 14.8 Å². The quantitative estimate of drug-likeness (QED) is 0.850. The van der Waals surface area contributed by atoms with Gasteiger partial charge in [0.2, 0.25) is 5.88 Å². The summed E-state index contributed by atoms with van der Waals surface area (Å²) in [4.78, 5) is 15.8. The summed E-state index contributed by atoms with van der Waals surface area (Å²) in [5, 5.41) is 4.16. The van der Waals surface area contributed by atoms with E-state index in [0.29, 0.717) is 5.75 Å². The van der Waals surface area contributed by atoms with Crippen molar-refractivity contribution in [2.75, 3.05) is 12.3 Å². The minimum absolute atomic E-state index is 0.147. The fourth-order valence-corrected chi connectivity index (χ4v) is 1.69. The zero-order chi connectivity index (χ0) is 15.4. The van der Waals surface area contributed by atoms with Gasteiger partial charge in [0, 0.05) is 12.2 Å². The highest BCUT2D eigenvalue weighted by molar-refractivity contribution is 5.96. The second kappa shape index (κ2) is 6.25. The van der Waals surface area contributed by atoms with Crippen LogP contribution in [0.1, 0.15) is 37.2 Å². The van der Waals surface area contributed by atoms with Crippen molar-refractivity contribution in [3.8, 4) is 11.6 Å². The molecule has 0 radical (unpaired) electrons. The monoisotopic (exact) mass is 290 g/mol. The number of carbonyl (C=O) groups excluding carboxylic acids is 1. The van der Waals surface area contributed by atoms with Crippen molar-refractivity contribution in [1.29, 1.82) is 0 Å². The lowest BCUT2D eigenvalue weighted by atomic mass is 10.2. The fourth-order valence-electron chi connectivity index (χ4n) is 1.69. The number of anilines is 1. The molecule has 0 spiro atoms. The second-order valence-corrected chi connectivity index (χ2v) is 4.65. The molecule has 0 amide bonds. The van der Waals surface area contributed by atoms with Gasteiger partial charge >= 0.3 is 5.97 Å². The van der Waals surface area contributed by atoms with Crippen LogP contribution < -0.4 is 10.5 Å². The van der Waals surface area contributed by atoms with Crippen LogP contribution in [0.5, 0.6) is 11.6 Å². The van der Waals surface area contributed by atoms with Crippen molar-refractivity contribution in [2.45, 2.75) is 26.8 Å². The van der Waals surface area contributed by atoms with Gasteiger partial charge in [0.25, 0.3) is 0 Å². The lowest BCUT2D eigenvalue weighted by Gasteiger charge is -2.09. The Morgan fingerprint density at radius 3 is 2.86 bits per heavy atom. The number of hydrogen-bond donors (Lipinski definition) is 1. The topological polar surface area (TPSA) is 92.3 Å². The molecule has 0 saturated heterocycles. The Morgan fingerprint density at radius 2 is 2.24 bits per heavy atom. The molecule has 21 heavy (non-hydrogen) atoms. The van der Waals surface area contributed by atoms with Crippen LogP contribution in [0.4, 0.5) is 5.69 Å². The Hall–Kier alpha value is -2.57. The van der Waals surface area contributed by atoms with Crippen molar-refractivity contribution < 1.29 is 14.3 Å². The molecular formula is C14H18N4O3. The molecule has 0 unspecified atom stereocenters. The Labute approximate surface area is 122 Å². The maximum atomic E-state index is 11.8. The molecule has 0 saturated carbocycles. The first-order valence-corrected chi connectivity index (χ1v) is 6.66. The number of carbonyl (C=O) groups is 1. The molecule has 0 fully saturated rings. The number of nitrogens with two attached hydrogens (primary N) is 1. The van der Waals surface area contributed by atoms with E-state index in [2.05, 4.69) is 10.1 Å². The molecule has 0 atom stereocenters. The fraction of sp³-hybridized carbons (Fsp3) is 0.357.